The molecule has 0 radical (unpaired) electrons. The minimum absolute atomic E-state index is 0.0114. The van der Waals surface area contributed by atoms with E-state index in [1.54, 1.807) is 79.1 Å². The molecule has 8 heteroatoms. The SMILES string of the molecule is O=C(NCc1cccnc1)/C(=C\c1ccc(-c2ccc(Cl)cc2)o1)S(=O)(=O)c1ccccc1. The Labute approximate surface area is 196 Å². The molecule has 2 aromatic heterocycles. The second kappa shape index (κ2) is 9.85. The van der Waals surface area contributed by atoms with Gasteiger partial charge in [0.25, 0.3) is 5.91 Å². The van der Waals surface area contributed by atoms with Gasteiger partial charge in [-0.3, -0.25) is 9.78 Å². The maximum absolute atomic E-state index is 13.3. The summed E-state index contributed by atoms with van der Waals surface area (Å²) >= 11 is 5.94. The van der Waals surface area contributed by atoms with Gasteiger partial charge in [0.2, 0.25) is 9.84 Å². The number of aromatic nitrogens is 1. The van der Waals surface area contributed by atoms with Gasteiger partial charge in [0.1, 0.15) is 16.4 Å². The van der Waals surface area contributed by atoms with Gasteiger partial charge in [-0.15, -0.1) is 0 Å². The van der Waals surface area contributed by atoms with Crippen molar-refractivity contribution in [1.29, 1.82) is 0 Å². The molecule has 0 spiro atoms. The molecule has 0 aliphatic rings. The zero-order valence-electron chi connectivity index (χ0n) is 17.3. The van der Waals surface area contributed by atoms with E-state index >= 15 is 0 Å². The number of amides is 1. The third-order valence-corrected chi connectivity index (χ3v) is 6.80. The van der Waals surface area contributed by atoms with Gasteiger partial charge in [0.05, 0.1) is 4.90 Å². The van der Waals surface area contributed by atoms with Crippen LogP contribution in [-0.4, -0.2) is 19.3 Å². The minimum Gasteiger partial charge on any atom is -0.457 e. The molecule has 6 nitrogen and oxygen atoms in total. The third kappa shape index (κ3) is 5.39. The van der Waals surface area contributed by atoms with Crippen LogP contribution in [0.1, 0.15) is 11.3 Å². The van der Waals surface area contributed by atoms with E-state index in [0.29, 0.717) is 10.8 Å². The highest BCUT2D eigenvalue weighted by Crippen LogP contribution is 2.27. The number of hydrogen-bond acceptors (Lipinski definition) is 5. The highest BCUT2D eigenvalue weighted by molar-refractivity contribution is 7.96. The fourth-order valence-corrected chi connectivity index (χ4v) is 4.58. The summed E-state index contributed by atoms with van der Waals surface area (Å²) in [5, 5.41) is 3.25. The van der Waals surface area contributed by atoms with Crippen molar-refractivity contribution in [2.45, 2.75) is 11.4 Å². The largest absolute Gasteiger partial charge is 0.457 e. The van der Waals surface area contributed by atoms with Crippen molar-refractivity contribution < 1.29 is 17.6 Å². The lowest BCUT2D eigenvalue weighted by Gasteiger charge is -2.10. The lowest BCUT2D eigenvalue weighted by Crippen LogP contribution is -2.28. The Bertz CT molecular complexity index is 1380. The number of carbonyl (C=O) groups excluding carboxylic acids is 1. The Morgan fingerprint density at radius 2 is 1.73 bits per heavy atom. The quantitative estimate of drug-likeness (QED) is 0.372. The summed E-state index contributed by atoms with van der Waals surface area (Å²) in [5.74, 6) is 0.00303. The van der Waals surface area contributed by atoms with E-state index < -0.39 is 20.6 Å². The second-order valence-corrected chi connectivity index (χ2v) is 9.43. The molecule has 166 valence electrons. The summed E-state index contributed by atoms with van der Waals surface area (Å²) < 4.78 is 32.4. The van der Waals surface area contributed by atoms with Crippen molar-refractivity contribution in [1.82, 2.24) is 10.3 Å². The van der Waals surface area contributed by atoms with Crippen LogP contribution in [0.5, 0.6) is 0 Å². The van der Waals surface area contributed by atoms with E-state index in [9.17, 15) is 13.2 Å². The molecule has 0 aliphatic carbocycles. The topological polar surface area (TPSA) is 89.3 Å². The normalized spacial score (nSPS) is 11.8. The number of furan rings is 1. The summed E-state index contributed by atoms with van der Waals surface area (Å²) in [5.41, 5.74) is 1.51. The van der Waals surface area contributed by atoms with E-state index in [4.69, 9.17) is 16.0 Å². The fourth-order valence-electron chi connectivity index (χ4n) is 3.09. The van der Waals surface area contributed by atoms with Gasteiger partial charge in [-0.2, -0.15) is 0 Å². The van der Waals surface area contributed by atoms with E-state index in [2.05, 4.69) is 10.3 Å². The van der Waals surface area contributed by atoms with Crippen LogP contribution >= 0.6 is 11.6 Å². The molecular weight excluding hydrogens is 460 g/mol. The number of pyridine rings is 1. The predicted octanol–water partition coefficient (Wildman–Crippen LogP) is 5.13. The molecule has 2 aromatic carbocycles. The third-order valence-electron chi connectivity index (χ3n) is 4.77. The maximum atomic E-state index is 13.3. The Balaban J connectivity index is 1.68. The van der Waals surface area contributed by atoms with Crippen LogP contribution in [-0.2, 0) is 21.2 Å². The number of hydrogen-bond donors (Lipinski definition) is 1. The van der Waals surface area contributed by atoms with Gasteiger partial charge in [-0.25, -0.2) is 8.42 Å². The van der Waals surface area contributed by atoms with Crippen molar-refractivity contribution >= 4 is 33.4 Å². The molecule has 1 amide bonds. The summed E-state index contributed by atoms with van der Waals surface area (Å²) in [7, 11) is -4.11. The van der Waals surface area contributed by atoms with E-state index in [-0.39, 0.29) is 17.2 Å². The molecule has 0 atom stereocenters. The van der Waals surface area contributed by atoms with Gasteiger partial charge in [-0.1, -0.05) is 35.9 Å². The number of sulfone groups is 1. The van der Waals surface area contributed by atoms with Crippen LogP contribution in [0.15, 0.2) is 105 Å². The van der Waals surface area contributed by atoms with Crippen LogP contribution in [0.25, 0.3) is 17.4 Å². The van der Waals surface area contributed by atoms with Crippen molar-refractivity contribution in [3.8, 4) is 11.3 Å². The molecule has 33 heavy (non-hydrogen) atoms. The molecule has 0 saturated carbocycles. The number of halogens is 1. The van der Waals surface area contributed by atoms with Crippen LogP contribution in [0, 0.1) is 0 Å². The Morgan fingerprint density at radius 1 is 0.970 bits per heavy atom. The Morgan fingerprint density at radius 3 is 2.42 bits per heavy atom. The van der Waals surface area contributed by atoms with Crippen molar-refractivity contribution in [3.05, 3.63) is 113 Å². The molecule has 0 saturated heterocycles. The first-order valence-corrected chi connectivity index (χ1v) is 11.8. The first-order chi connectivity index (χ1) is 15.9. The second-order valence-electron chi connectivity index (χ2n) is 7.08. The molecule has 0 aliphatic heterocycles. The number of carbonyl (C=O) groups is 1. The molecule has 0 unspecified atom stereocenters. The zero-order valence-corrected chi connectivity index (χ0v) is 18.9. The van der Waals surface area contributed by atoms with Crippen LogP contribution in [0.2, 0.25) is 5.02 Å². The van der Waals surface area contributed by atoms with E-state index in [1.807, 2.05) is 0 Å². The minimum atomic E-state index is -4.11. The molecule has 2 heterocycles. The first kappa shape index (κ1) is 22.5. The molecule has 4 aromatic rings. The van der Waals surface area contributed by atoms with Crippen LogP contribution in [0.3, 0.4) is 0 Å². The molecule has 4 rings (SSSR count). The average Bonchev–Trinajstić information content (AvgIpc) is 3.31. The van der Waals surface area contributed by atoms with E-state index in [0.717, 1.165) is 11.1 Å². The van der Waals surface area contributed by atoms with Gasteiger partial charge in [-0.05, 0) is 60.2 Å². The smallest absolute Gasteiger partial charge is 0.263 e. The number of nitrogens with zero attached hydrogens (tertiary/aromatic N) is 1. The van der Waals surface area contributed by atoms with Crippen molar-refractivity contribution in [3.63, 3.8) is 0 Å². The number of benzene rings is 2. The number of nitrogens with one attached hydrogen (secondary N) is 1. The van der Waals surface area contributed by atoms with Crippen LogP contribution in [0.4, 0.5) is 0 Å². The average molecular weight is 479 g/mol. The lowest BCUT2D eigenvalue weighted by atomic mass is 10.2. The van der Waals surface area contributed by atoms with Gasteiger partial charge < -0.3 is 9.73 Å². The zero-order chi connectivity index (χ0) is 23.3. The highest BCUT2D eigenvalue weighted by Gasteiger charge is 2.27. The van der Waals surface area contributed by atoms with Gasteiger partial charge in [0, 0.05) is 35.6 Å². The summed E-state index contributed by atoms with van der Waals surface area (Å²) in [6.07, 6.45) is 4.45. The molecule has 0 fully saturated rings. The summed E-state index contributed by atoms with van der Waals surface area (Å²) in [4.78, 5) is 16.6. The highest BCUT2D eigenvalue weighted by atomic mass is 35.5. The van der Waals surface area contributed by atoms with Crippen molar-refractivity contribution in [2.24, 2.45) is 0 Å². The first-order valence-electron chi connectivity index (χ1n) is 9.98. The van der Waals surface area contributed by atoms with Gasteiger partial charge in [0.15, 0.2) is 0 Å². The lowest BCUT2D eigenvalue weighted by molar-refractivity contribution is -0.116. The summed E-state index contributed by atoms with van der Waals surface area (Å²) in [6, 6.07) is 21.7. The van der Waals surface area contributed by atoms with Crippen molar-refractivity contribution in [2.75, 3.05) is 0 Å². The van der Waals surface area contributed by atoms with Gasteiger partial charge >= 0.3 is 0 Å². The Hall–Kier alpha value is -3.68. The Kier molecular flexibility index (Phi) is 6.72. The molecular formula is C25H19ClN2O4S. The predicted molar refractivity (Wildman–Crippen MR) is 127 cm³/mol. The van der Waals surface area contributed by atoms with Crippen LogP contribution < -0.4 is 5.32 Å². The molecule has 1 N–H and O–H groups in total. The fraction of sp³-hybridized carbons (Fsp3) is 0.0400. The standard InChI is InChI=1S/C25H19ClN2O4S/c26-20-10-8-19(9-11-20)23-13-12-21(32-23)15-24(33(30,31)22-6-2-1-3-7-22)25(29)28-17-18-5-4-14-27-16-18/h1-16H,17H2,(H,28,29)/b24-15+. The monoisotopic (exact) mass is 478 g/mol. The van der Waals surface area contributed by atoms with E-state index in [1.165, 1.54) is 18.2 Å². The maximum Gasteiger partial charge on any atom is 0.263 e. The summed E-state index contributed by atoms with van der Waals surface area (Å²) in [6.45, 7) is 0.127. The number of rotatable bonds is 7. The molecule has 0 bridgehead atoms.